The minimum Gasteiger partial charge on any atom is -0.408 e. The molecule has 1 fully saturated rings. The number of benzene rings is 1. The van der Waals surface area contributed by atoms with E-state index < -0.39 is 0 Å². The summed E-state index contributed by atoms with van der Waals surface area (Å²) >= 11 is 6.07. The number of hydrogen-bond donors (Lipinski definition) is 0. The van der Waals surface area contributed by atoms with Crippen LogP contribution in [0.15, 0.2) is 22.6 Å². The van der Waals surface area contributed by atoms with E-state index in [0.717, 1.165) is 5.56 Å². The van der Waals surface area contributed by atoms with E-state index in [1.807, 2.05) is 4.90 Å². The van der Waals surface area contributed by atoms with Crippen molar-refractivity contribution in [3.8, 4) is 0 Å². The number of halogens is 2. The molecule has 1 atom stereocenters. The molecule has 1 aliphatic heterocycles. The van der Waals surface area contributed by atoms with E-state index in [2.05, 4.69) is 10.2 Å². The maximum Gasteiger partial charge on any atom is 0.318 e. The molecule has 20 heavy (non-hydrogen) atoms. The zero-order valence-electron chi connectivity index (χ0n) is 10.8. The molecular weight excluding hydrogens is 285 g/mol. The summed E-state index contributed by atoms with van der Waals surface area (Å²) in [6, 6.07) is 4.77. The van der Waals surface area contributed by atoms with Crippen LogP contribution in [0.25, 0.3) is 0 Å². The Bertz CT molecular complexity index is 619. The lowest BCUT2D eigenvalue weighted by molar-refractivity contribution is 0.0380. The number of aryl methyl sites for hydroxylation is 1. The van der Waals surface area contributed by atoms with Gasteiger partial charge in [-0.1, -0.05) is 22.8 Å². The molecule has 106 valence electrons. The average Bonchev–Trinajstić information content (AvgIpc) is 2.86. The second-order valence-electron chi connectivity index (χ2n) is 4.57. The van der Waals surface area contributed by atoms with Crippen LogP contribution in [0.2, 0.25) is 5.02 Å². The first-order valence-electron chi connectivity index (χ1n) is 6.25. The summed E-state index contributed by atoms with van der Waals surface area (Å²) in [5.41, 5.74) is 0.758. The van der Waals surface area contributed by atoms with Gasteiger partial charge in [-0.3, -0.25) is 0 Å². The van der Waals surface area contributed by atoms with Crippen LogP contribution < -0.4 is 4.90 Å². The van der Waals surface area contributed by atoms with E-state index in [-0.39, 0.29) is 11.9 Å². The fourth-order valence-electron chi connectivity index (χ4n) is 2.19. The third-order valence-corrected chi connectivity index (χ3v) is 3.49. The molecule has 0 spiro atoms. The molecule has 0 amide bonds. The van der Waals surface area contributed by atoms with Crippen LogP contribution in [0.1, 0.15) is 17.6 Å². The van der Waals surface area contributed by atoms with Crippen LogP contribution in [0.4, 0.5) is 10.4 Å². The first kappa shape index (κ1) is 13.3. The lowest BCUT2D eigenvalue weighted by Crippen LogP contribution is -2.38. The summed E-state index contributed by atoms with van der Waals surface area (Å²) in [5.74, 6) is 0.154. The molecule has 3 rings (SSSR count). The Hall–Kier alpha value is -1.66. The SMILES string of the molecule is Cc1nnc(N2CCOC(c3ccc(F)cc3Cl)C2)o1. The van der Waals surface area contributed by atoms with E-state index in [4.69, 9.17) is 20.8 Å². The summed E-state index contributed by atoms with van der Waals surface area (Å²) < 4.78 is 24.2. The van der Waals surface area contributed by atoms with Gasteiger partial charge in [-0.2, -0.15) is 0 Å². The summed E-state index contributed by atoms with van der Waals surface area (Å²) in [5, 5.41) is 8.17. The Morgan fingerprint density at radius 1 is 1.40 bits per heavy atom. The monoisotopic (exact) mass is 297 g/mol. The maximum atomic E-state index is 13.1. The molecule has 1 unspecified atom stereocenters. The molecular formula is C13H13ClFN3O2. The zero-order valence-corrected chi connectivity index (χ0v) is 11.6. The van der Waals surface area contributed by atoms with E-state index >= 15 is 0 Å². The highest BCUT2D eigenvalue weighted by Gasteiger charge is 2.26. The van der Waals surface area contributed by atoms with Gasteiger partial charge in [-0.15, -0.1) is 5.10 Å². The van der Waals surface area contributed by atoms with E-state index in [0.29, 0.717) is 36.6 Å². The molecule has 7 heteroatoms. The van der Waals surface area contributed by atoms with E-state index in [1.54, 1.807) is 13.0 Å². The summed E-state index contributed by atoms with van der Waals surface area (Å²) in [6.07, 6.45) is -0.246. The van der Waals surface area contributed by atoms with Gasteiger partial charge >= 0.3 is 6.01 Å². The van der Waals surface area contributed by atoms with Crippen molar-refractivity contribution in [1.29, 1.82) is 0 Å². The standard InChI is InChI=1S/C13H13ClFN3O2/c1-8-16-17-13(20-8)18-4-5-19-12(7-18)10-3-2-9(15)6-11(10)14/h2-3,6,12H,4-5,7H2,1H3. The largest absolute Gasteiger partial charge is 0.408 e. The molecule has 2 aromatic rings. The highest BCUT2D eigenvalue weighted by Crippen LogP contribution is 2.30. The first-order chi connectivity index (χ1) is 9.63. The van der Waals surface area contributed by atoms with Crippen molar-refractivity contribution in [3.63, 3.8) is 0 Å². The number of aromatic nitrogens is 2. The molecule has 0 radical (unpaired) electrons. The van der Waals surface area contributed by atoms with Gasteiger partial charge in [0, 0.05) is 24.1 Å². The molecule has 5 nitrogen and oxygen atoms in total. The highest BCUT2D eigenvalue weighted by molar-refractivity contribution is 6.31. The van der Waals surface area contributed by atoms with Gasteiger partial charge < -0.3 is 14.1 Å². The van der Waals surface area contributed by atoms with Gasteiger partial charge in [-0.25, -0.2) is 4.39 Å². The smallest absolute Gasteiger partial charge is 0.318 e. The van der Waals surface area contributed by atoms with Crippen LogP contribution >= 0.6 is 11.6 Å². The second-order valence-corrected chi connectivity index (χ2v) is 4.98. The maximum absolute atomic E-state index is 13.1. The lowest BCUT2D eigenvalue weighted by atomic mass is 10.1. The van der Waals surface area contributed by atoms with Gasteiger partial charge in [0.25, 0.3) is 0 Å². The number of hydrogen-bond acceptors (Lipinski definition) is 5. The third kappa shape index (κ3) is 2.62. The Morgan fingerprint density at radius 3 is 2.95 bits per heavy atom. The lowest BCUT2D eigenvalue weighted by Gasteiger charge is -2.32. The molecule has 1 aromatic carbocycles. The predicted molar refractivity (Wildman–Crippen MR) is 71.4 cm³/mol. The first-order valence-corrected chi connectivity index (χ1v) is 6.63. The Kier molecular flexibility index (Phi) is 3.58. The fourth-order valence-corrected chi connectivity index (χ4v) is 2.48. The van der Waals surface area contributed by atoms with Crippen LogP contribution in [-0.4, -0.2) is 29.9 Å². The minimum atomic E-state index is -0.362. The molecule has 1 saturated heterocycles. The number of morpholine rings is 1. The van der Waals surface area contributed by atoms with Crippen molar-refractivity contribution < 1.29 is 13.5 Å². The van der Waals surface area contributed by atoms with Crippen molar-refractivity contribution in [2.75, 3.05) is 24.6 Å². The van der Waals surface area contributed by atoms with Gasteiger partial charge in [0.15, 0.2) is 0 Å². The van der Waals surface area contributed by atoms with Gasteiger partial charge in [0.05, 0.1) is 13.2 Å². The normalized spacial score (nSPS) is 19.4. The number of ether oxygens (including phenoxy) is 1. The quantitative estimate of drug-likeness (QED) is 0.853. The topological polar surface area (TPSA) is 51.4 Å². The summed E-state index contributed by atoms with van der Waals surface area (Å²) in [6.45, 7) is 3.45. The number of nitrogens with zero attached hydrogens (tertiary/aromatic N) is 3. The molecule has 0 bridgehead atoms. The van der Waals surface area contributed by atoms with Crippen LogP contribution in [0.5, 0.6) is 0 Å². The Balaban J connectivity index is 1.81. The van der Waals surface area contributed by atoms with Crippen molar-refractivity contribution in [1.82, 2.24) is 10.2 Å². The van der Waals surface area contributed by atoms with Gasteiger partial charge in [0.1, 0.15) is 11.9 Å². The summed E-state index contributed by atoms with van der Waals surface area (Å²) in [7, 11) is 0. The predicted octanol–water partition coefficient (Wildman–Crippen LogP) is 2.75. The molecule has 2 heterocycles. The summed E-state index contributed by atoms with van der Waals surface area (Å²) in [4.78, 5) is 1.94. The van der Waals surface area contributed by atoms with Crippen LogP contribution in [0, 0.1) is 12.7 Å². The minimum absolute atomic E-state index is 0.246. The van der Waals surface area contributed by atoms with Crippen molar-refractivity contribution in [3.05, 3.63) is 40.5 Å². The molecule has 0 N–H and O–H groups in total. The van der Waals surface area contributed by atoms with Gasteiger partial charge in [0.2, 0.25) is 5.89 Å². The van der Waals surface area contributed by atoms with Crippen LogP contribution in [-0.2, 0) is 4.74 Å². The average molecular weight is 298 g/mol. The van der Waals surface area contributed by atoms with Crippen LogP contribution in [0.3, 0.4) is 0 Å². The molecule has 0 aliphatic carbocycles. The van der Waals surface area contributed by atoms with Crippen molar-refractivity contribution in [2.24, 2.45) is 0 Å². The van der Waals surface area contributed by atoms with E-state index in [9.17, 15) is 4.39 Å². The molecule has 0 saturated carbocycles. The third-order valence-electron chi connectivity index (χ3n) is 3.16. The van der Waals surface area contributed by atoms with Gasteiger partial charge in [-0.05, 0) is 12.1 Å². The molecule has 1 aromatic heterocycles. The second kappa shape index (κ2) is 5.38. The highest BCUT2D eigenvalue weighted by atomic mass is 35.5. The Morgan fingerprint density at radius 2 is 2.25 bits per heavy atom. The fraction of sp³-hybridized carbons (Fsp3) is 0.385. The number of rotatable bonds is 2. The van der Waals surface area contributed by atoms with Crippen molar-refractivity contribution in [2.45, 2.75) is 13.0 Å². The van der Waals surface area contributed by atoms with Crippen molar-refractivity contribution >= 4 is 17.6 Å². The van der Waals surface area contributed by atoms with E-state index in [1.165, 1.54) is 12.1 Å². The number of anilines is 1. The zero-order chi connectivity index (χ0) is 14.1. The molecule has 1 aliphatic rings. The Labute approximate surface area is 120 Å².